The van der Waals surface area contributed by atoms with Gasteiger partial charge in [-0.05, 0) is 72.4 Å². The summed E-state index contributed by atoms with van der Waals surface area (Å²) in [5.74, 6) is 0.710. The van der Waals surface area contributed by atoms with Crippen LogP contribution in [0.25, 0.3) is 88.1 Å². The van der Waals surface area contributed by atoms with E-state index in [1.54, 1.807) is 0 Å². The number of rotatable bonds is 4. The average molecular weight is 585 g/mol. The SMILES string of the molecule is c1ccc(-c2ccc(-c3nc(-c4ccc5ccccc5c4)cc(-c4c5ccccc5cc5c4ccc4ccccc45)n3)cc2)cc1. The molecule has 0 atom stereocenters. The Kier molecular flexibility index (Phi) is 6.17. The van der Waals surface area contributed by atoms with E-state index in [4.69, 9.17) is 9.97 Å². The van der Waals surface area contributed by atoms with Gasteiger partial charge >= 0.3 is 0 Å². The second-order valence-electron chi connectivity index (χ2n) is 11.8. The van der Waals surface area contributed by atoms with E-state index in [2.05, 4.69) is 164 Å². The largest absolute Gasteiger partial charge is 0.228 e. The van der Waals surface area contributed by atoms with Gasteiger partial charge in [-0.15, -0.1) is 0 Å². The van der Waals surface area contributed by atoms with E-state index >= 15 is 0 Å². The van der Waals surface area contributed by atoms with E-state index < -0.39 is 0 Å². The average Bonchev–Trinajstić information content (AvgIpc) is 3.14. The highest BCUT2D eigenvalue weighted by atomic mass is 14.9. The molecular formula is C44H28N2. The first-order valence-electron chi connectivity index (χ1n) is 15.7. The fourth-order valence-electron chi connectivity index (χ4n) is 6.74. The lowest BCUT2D eigenvalue weighted by atomic mass is 9.91. The van der Waals surface area contributed by atoms with E-state index in [0.717, 1.165) is 28.1 Å². The molecule has 0 spiro atoms. The lowest BCUT2D eigenvalue weighted by molar-refractivity contribution is 1.19. The van der Waals surface area contributed by atoms with Gasteiger partial charge in [-0.2, -0.15) is 0 Å². The van der Waals surface area contributed by atoms with Gasteiger partial charge in [0.05, 0.1) is 11.4 Å². The molecule has 0 bridgehead atoms. The molecule has 0 unspecified atom stereocenters. The summed E-state index contributed by atoms with van der Waals surface area (Å²) in [5.41, 5.74) is 7.36. The minimum absolute atomic E-state index is 0.710. The van der Waals surface area contributed by atoms with Crippen LogP contribution >= 0.6 is 0 Å². The Labute approximate surface area is 267 Å². The Bertz CT molecular complexity index is 2570. The van der Waals surface area contributed by atoms with Crippen molar-refractivity contribution in [2.45, 2.75) is 0 Å². The molecular weight excluding hydrogens is 556 g/mol. The molecule has 214 valence electrons. The van der Waals surface area contributed by atoms with Gasteiger partial charge in [-0.3, -0.25) is 0 Å². The molecule has 0 saturated carbocycles. The van der Waals surface area contributed by atoms with Gasteiger partial charge < -0.3 is 0 Å². The van der Waals surface area contributed by atoms with Crippen molar-refractivity contribution in [3.8, 4) is 45.0 Å². The van der Waals surface area contributed by atoms with Gasteiger partial charge in [0.1, 0.15) is 0 Å². The van der Waals surface area contributed by atoms with Crippen LogP contribution in [0.5, 0.6) is 0 Å². The predicted molar refractivity (Wildman–Crippen MR) is 194 cm³/mol. The van der Waals surface area contributed by atoms with Crippen molar-refractivity contribution in [2.75, 3.05) is 0 Å². The summed E-state index contributed by atoms with van der Waals surface area (Å²) in [5, 5.41) is 9.67. The van der Waals surface area contributed by atoms with E-state index in [0.29, 0.717) is 5.82 Å². The molecule has 0 N–H and O–H groups in total. The van der Waals surface area contributed by atoms with Crippen molar-refractivity contribution in [3.05, 3.63) is 170 Å². The molecule has 46 heavy (non-hydrogen) atoms. The topological polar surface area (TPSA) is 25.8 Å². The molecule has 9 aromatic rings. The first kappa shape index (κ1) is 26.3. The second kappa shape index (κ2) is 10.8. The normalized spacial score (nSPS) is 11.5. The summed E-state index contributed by atoms with van der Waals surface area (Å²) < 4.78 is 0. The Morgan fingerprint density at radius 3 is 1.70 bits per heavy atom. The van der Waals surface area contributed by atoms with E-state index in [1.807, 2.05) is 6.07 Å². The van der Waals surface area contributed by atoms with Crippen LogP contribution in [-0.4, -0.2) is 9.97 Å². The van der Waals surface area contributed by atoms with E-state index in [9.17, 15) is 0 Å². The Hall–Kier alpha value is -6.12. The molecule has 8 aromatic carbocycles. The lowest BCUT2D eigenvalue weighted by Crippen LogP contribution is -1.97. The minimum atomic E-state index is 0.710. The van der Waals surface area contributed by atoms with Crippen molar-refractivity contribution >= 4 is 43.1 Å². The standard InChI is InChI=1S/C44H28N2/c1-2-10-29(11-3-1)31-18-21-33(22-19-31)44-45-41(36-23-20-30-12-4-5-14-34(30)26-36)28-42(46-44)43-38-17-9-7-15-35(38)27-40-37-16-8-6-13-32(37)24-25-39(40)43/h1-28H. The molecule has 9 rings (SSSR count). The third-order valence-electron chi connectivity index (χ3n) is 9.05. The number of aromatic nitrogens is 2. The maximum atomic E-state index is 5.33. The molecule has 0 amide bonds. The van der Waals surface area contributed by atoms with E-state index in [-0.39, 0.29) is 0 Å². The van der Waals surface area contributed by atoms with Crippen LogP contribution in [0.4, 0.5) is 0 Å². The van der Waals surface area contributed by atoms with E-state index in [1.165, 1.54) is 54.2 Å². The number of fused-ring (bicyclic) bond motifs is 5. The zero-order chi connectivity index (χ0) is 30.5. The summed E-state index contributed by atoms with van der Waals surface area (Å²) in [7, 11) is 0. The van der Waals surface area contributed by atoms with Crippen molar-refractivity contribution < 1.29 is 0 Å². The second-order valence-corrected chi connectivity index (χ2v) is 11.8. The zero-order valence-electron chi connectivity index (χ0n) is 25.1. The molecule has 2 heteroatoms. The van der Waals surface area contributed by atoms with Crippen molar-refractivity contribution in [1.82, 2.24) is 9.97 Å². The highest BCUT2D eigenvalue weighted by Crippen LogP contribution is 2.40. The van der Waals surface area contributed by atoms with Crippen LogP contribution < -0.4 is 0 Å². The minimum Gasteiger partial charge on any atom is -0.228 e. The molecule has 2 nitrogen and oxygen atoms in total. The Morgan fingerprint density at radius 1 is 0.283 bits per heavy atom. The van der Waals surface area contributed by atoms with Crippen LogP contribution in [0.2, 0.25) is 0 Å². The Balaban J connectivity index is 1.32. The molecule has 1 heterocycles. The van der Waals surface area contributed by atoms with Gasteiger partial charge in [-0.1, -0.05) is 152 Å². The molecule has 0 aliphatic rings. The molecule has 0 radical (unpaired) electrons. The quantitative estimate of drug-likeness (QED) is 0.152. The molecule has 0 fully saturated rings. The van der Waals surface area contributed by atoms with Crippen LogP contribution in [0.1, 0.15) is 0 Å². The molecule has 1 aromatic heterocycles. The van der Waals surface area contributed by atoms with Gasteiger partial charge in [0, 0.05) is 16.7 Å². The van der Waals surface area contributed by atoms with Crippen LogP contribution in [0, 0.1) is 0 Å². The smallest absolute Gasteiger partial charge is 0.160 e. The summed E-state index contributed by atoms with van der Waals surface area (Å²) in [6.07, 6.45) is 0. The van der Waals surface area contributed by atoms with Gasteiger partial charge in [0.25, 0.3) is 0 Å². The van der Waals surface area contributed by atoms with Crippen LogP contribution in [0.15, 0.2) is 170 Å². The lowest BCUT2D eigenvalue weighted by Gasteiger charge is -2.15. The summed E-state index contributed by atoms with van der Waals surface area (Å²) in [6.45, 7) is 0. The number of benzene rings is 8. The number of hydrogen-bond donors (Lipinski definition) is 0. The van der Waals surface area contributed by atoms with Gasteiger partial charge in [0.15, 0.2) is 5.82 Å². The highest BCUT2D eigenvalue weighted by molar-refractivity contribution is 6.19. The monoisotopic (exact) mass is 584 g/mol. The van der Waals surface area contributed by atoms with Crippen molar-refractivity contribution in [3.63, 3.8) is 0 Å². The van der Waals surface area contributed by atoms with Crippen LogP contribution in [-0.2, 0) is 0 Å². The summed E-state index contributed by atoms with van der Waals surface area (Å²) >= 11 is 0. The van der Waals surface area contributed by atoms with Gasteiger partial charge in [0.2, 0.25) is 0 Å². The summed E-state index contributed by atoms with van der Waals surface area (Å²) in [4.78, 5) is 10.5. The molecule has 0 aliphatic carbocycles. The van der Waals surface area contributed by atoms with Crippen molar-refractivity contribution in [2.24, 2.45) is 0 Å². The molecule has 0 saturated heterocycles. The fourth-order valence-corrected chi connectivity index (χ4v) is 6.74. The zero-order valence-corrected chi connectivity index (χ0v) is 25.1. The fraction of sp³-hybridized carbons (Fsp3) is 0. The predicted octanol–water partition coefficient (Wildman–Crippen LogP) is 11.8. The van der Waals surface area contributed by atoms with Crippen LogP contribution in [0.3, 0.4) is 0 Å². The van der Waals surface area contributed by atoms with Crippen molar-refractivity contribution in [1.29, 1.82) is 0 Å². The van der Waals surface area contributed by atoms with Gasteiger partial charge in [-0.25, -0.2) is 9.97 Å². The maximum absolute atomic E-state index is 5.33. The third-order valence-corrected chi connectivity index (χ3v) is 9.05. The first-order valence-corrected chi connectivity index (χ1v) is 15.7. The third kappa shape index (κ3) is 4.51. The molecule has 0 aliphatic heterocycles. The first-order chi connectivity index (χ1) is 22.8. The summed E-state index contributed by atoms with van der Waals surface area (Å²) in [6, 6.07) is 60.4. The highest BCUT2D eigenvalue weighted by Gasteiger charge is 2.17. The number of hydrogen-bond acceptors (Lipinski definition) is 2. The number of nitrogens with zero attached hydrogens (tertiary/aromatic N) is 2. The maximum Gasteiger partial charge on any atom is 0.160 e. The Morgan fingerprint density at radius 2 is 0.870 bits per heavy atom.